The van der Waals surface area contributed by atoms with Crippen molar-refractivity contribution >= 4 is 27.6 Å². The van der Waals surface area contributed by atoms with Crippen LogP contribution >= 0.6 is 0 Å². The van der Waals surface area contributed by atoms with Gasteiger partial charge in [-0.15, -0.1) is 0 Å². The third-order valence-corrected chi connectivity index (χ3v) is 8.18. The first kappa shape index (κ1) is 26.4. The highest BCUT2D eigenvalue weighted by molar-refractivity contribution is 7.91. The summed E-state index contributed by atoms with van der Waals surface area (Å²) in [6.07, 6.45) is 6.94. The van der Waals surface area contributed by atoms with Gasteiger partial charge in [-0.25, -0.2) is 12.8 Å². The first-order valence-electron chi connectivity index (χ1n) is 12.0. The molecule has 188 valence electrons. The van der Waals surface area contributed by atoms with Gasteiger partial charge in [-0.05, 0) is 61.4 Å². The van der Waals surface area contributed by atoms with E-state index in [-0.39, 0.29) is 23.8 Å². The third kappa shape index (κ3) is 7.67. The zero-order chi connectivity index (χ0) is 24.9. The lowest BCUT2D eigenvalue weighted by atomic mass is 9.93. The second-order valence-corrected chi connectivity index (χ2v) is 12.0. The molecule has 1 aromatic rings. The summed E-state index contributed by atoms with van der Waals surface area (Å²) in [6.45, 7) is 6.62. The summed E-state index contributed by atoms with van der Waals surface area (Å²) in [4.78, 5) is 14.4. The van der Waals surface area contributed by atoms with E-state index in [4.69, 9.17) is 4.74 Å². The van der Waals surface area contributed by atoms with Crippen molar-refractivity contribution in [2.75, 3.05) is 29.5 Å². The predicted molar refractivity (Wildman–Crippen MR) is 133 cm³/mol. The molecule has 0 aromatic heterocycles. The maximum Gasteiger partial charge on any atom is 0.309 e. The number of carbonyl (C=O) groups excluding carboxylic acids is 1. The van der Waals surface area contributed by atoms with Gasteiger partial charge in [0, 0.05) is 24.7 Å². The number of rotatable bonds is 3. The predicted octanol–water partition coefficient (Wildman–Crippen LogP) is 4.14. The van der Waals surface area contributed by atoms with E-state index in [0.29, 0.717) is 36.7 Å². The normalized spacial score (nSPS) is 30.1. The quantitative estimate of drug-likeness (QED) is 0.503. The molecule has 34 heavy (non-hydrogen) atoms. The zero-order valence-corrected chi connectivity index (χ0v) is 21.1. The molecule has 0 amide bonds. The number of benzene rings is 1. The van der Waals surface area contributed by atoms with Gasteiger partial charge in [-0.3, -0.25) is 4.79 Å². The summed E-state index contributed by atoms with van der Waals surface area (Å²) >= 11 is 0. The van der Waals surface area contributed by atoms with Crippen molar-refractivity contribution in [3.63, 3.8) is 0 Å². The van der Waals surface area contributed by atoms with Crippen LogP contribution < -0.4 is 4.90 Å². The lowest BCUT2D eigenvalue weighted by molar-refractivity contribution is -0.151. The molecule has 2 aliphatic heterocycles. The molecule has 0 aliphatic carbocycles. The van der Waals surface area contributed by atoms with Gasteiger partial charge in [0.1, 0.15) is 11.9 Å². The van der Waals surface area contributed by atoms with E-state index in [1.807, 2.05) is 24.8 Å². The molecule has 0 bridgehead atoms. The number of anilines is 1. The summed E-state index contributed by atoms with van der Waals surface area (Å²) in [6, 6.07) is 4.65. The van der Waals surface area contributed by atoms with Crippen LogP contribution in [0.1, 0.15) is 52.0 Å². The van der Waals surface area contributed by atoms with E-state index in [1.165, 1.54) is 12.1 Å². The molecule has 3 rings (SSSR count). The van der Waals surface area contributed by atoms with Gasteiger partial charge >= 0.3 is 5.97 Å². The molecular formula is C26H36FNO5S. The molecule has 0 radical (unpaired) electrons. The Morgan fingerprint density at radius 2 is 1.88 bits per heavy atom. The van der Waals surface area contributed by atoms with Crippen LogP contribution in [0.4, 0.5) is 10.1 Å². The van der Waals surface area contributed by atoms with Crippen molar-refractivity contribution in [1.82, 2.24) is 0 Å². The Morgan fingerprint density at radius 1 is 1.18 bits per heavy atom. The number of allylic oxidation sites excluding steroid dienone is 1. The molecule has 1 fully saturated rings. The Bertz CT molecular complexity index is 1020. The molecule has 1 saturated heterocycles. The van der Waals surface area contributed by atoms with E-state index in [9.17, 15) is 22.7 Å². The van der Waals surface area contributed by atoms with Crippen molar-refractivity contribution in [3.8, 4) is 0 Å². The van der Waals surface area contributed by atoms with E-state index in [1.54, 1.807) is 6.08 Å². The summed E-state index contributed by atoms with van der Waals surface area (Å²) in [5, 5.41) is 10.2. The maximum atomic E-state index is 14.4. The molecule has 1 N–H and O–H groups in total. The number of nitrogens with zero attached hydrogens (tertiary/aromatic N) is 1. The molecule has 2 heterocycles. The molecule has 6 nitrogen and oxygen atoms in total. The number of aliphatic hydroxyl groups is 1. The minimum atomic E-state index is -3.03. The molecular weight excluding hydrogens is 457 g/mol. The fraction of sp³-hybridized carbons (Fsp3) is 0.577. The number of esters is 1. The van der Waals surface area contributed by atoms with Gasteiger partial charge in [0.05, 0.1) is 24.0 Å². The number of sulfone groups is 1. The molecule has 0 unspecified atom stereocenters. The summed E-state index contributed by atoms with van der Waals surface area (Å²) in [7, 11) is -3.03. The summed E-state index contributed by atoms with van der Waals surface area (Å²) in [5.74, 6) is -0.428. The smallest absolute Gasteiger partial charge is 0.309 e. The first-order chi connectivity index (χ1) is 16.0. The number of hydrogen-bond donors (Lipinski definition) is 1. The number of cyclic esters (lactones) is 1. The van der Waals surface area contributed by atoms with E-state index in [0.717, 1.165) is 18.4 Å². The maximum absolute atomic E-state index is 14.4. The van der Waals surface area contributed by atoms with Gasteiger partial charge < -0.3 is 14.7 Å². The van der Waals surface area contributed by atoms with Crippen LogP contribution in [0.5, 0.6) is 0 Å². The Labute approximate surface area is 202 Å². The largest absolute Gasteiger partial charge is 0.457 e. The molecule has 1 aromatic carbocycles. The molecule has 0 spiro atoms. The molecule has 2 aliphatic rings. The topological polar surface area (TPSA) is 83.9 Å². The second-order valence-electron chi connectivity index (χ2n) is 9.74. The monoisotopic (exact) mass is 493 g/mol. The van der Waals surface area contributed by atoms with Gasteiger partial charge in [0.25, 0.3) is 0 Å². The van der Waals surface area contributed by atoms with E-state index in [2.05, 4.69) is 19.1 Å². The van der Waals surface area contributed by atoms with Crippen molar-refractivity contribution in [1.29, 1.82) is 0 Å². The number of ether oxygens (including phenoxy) is 1. The van der Waals surface area contributed by atoms with Crippen LogP contribution in [-0.2, 0) is 19.4 Å². The highest BCUT2D eigenvalue weighted by Crippen LogP contribution is 2.26. The number of carbonyl (C=O) groups is 1. The molecule has 4 atom stereocenters. The summed E-state index contributed by atoms with van der Waals surface area (Å²) < 4.78 is 43.7. The molecule has 0 saturated carbocycles. The highest BCUT2D eigenvalue weighted by Gasteiger charge is 2.25. The lowest BCUT2D eigenvalue weighted by Gasteiger charge is -2.29. The first-order valence-corrected chi connectivity index (χ1v) is 13.8. The van der Waals surface area contributed by atoms with Gasteiger partial charge in [-0.2, -0.15) is 0 Å². The fourth-order valence-corrected chi connectivity index (χ4v) is 5.70. The minimum absolute atomic E-state index is 0.0467. The average Bonchev–Trinajstić information content (AvgIpc) is 2.74. The van der Waals surface area contributed by atoms with Crippen LogP contribution in [0.15, 0.2) is 35.9 Å². The van der Waals surface area contributed by atoms with Crippen LogP contribution in [-0.4, -0.2) is 56.3 Å². The zero-order valence-electron chi connectivity index (χ0n) is 20.2. The van der Waals surface area contributed by atoms with Crippen molar-refractivity contribution in [2.24, 2.45) is 11.8 Å². The van der Waals surface area contributed by atoms with Crippen LogP contribution in [0.3, 0.4) is 0 Å². The highest BCUT2D eigenvalue weighted by atomic mass is 32.2. The average molecular weight is 494 g/mol. The van der Waals surface area contributed by atoms with Gasteiger partial charge in [-0.1, -0.05) is 32.1 Å². The number of halogens is 1. The van der Waals surface area contributed by atoms with Crippen molar-refractivity contribution in [2.45, 2.75) is 58.7 Å². The minimum Gasteiger partial charge on any atom is -0.457 e. The van der Waals surface area contributed by atoms with Crippen molar-refractivity contribution < 1.29 is 27.4 Å². The number of hydrogen-bond acceptors (Lipinski definition) is 6. The van der Waals surface area contributed by atoms with Crippen molar-refractivity contribution in [3.05, 3.63) is 47.3 Å². The molecule has 8 heteroatoms. The SMILES string of the molecule is C/C(=C\c1cc(F)cc(N2CCS(=O)(=O)CC2)c1)[C@H]1OC(=O)C[C@H](O)CC[C@@H](C)C/C=C/[C@@H]1C. The van der Waals surface area contributed by atoms with Gasteiger partial charge in [0.15, 0.2) is 9.84 Å². The van der Waals surface area contributed by atoms with Crippen LogP contribution in [0, 0.1) is 17.7 Å². The van der Waals surface area contributed by atoms with Crippen LogP contribution in [0.25, 0.3) is 6.08 Å². The van der Waals surface area contributed by atoms with E-state index < -0.39 is 33.8 Å². The Hall–Kier alpha value is -2.19. The van der Waals surface area contributed by atoms with Gasteiger partial charge in [0.2, 0.25) is 0 Å². The third-order valence-electron chi connectivity index (χ3n) is 6.57. The van der Waals surface area contributed by atoms with E-state index >= 15 is 0 Å². The lowest BCUT2D eigenvalue weighted by Crippen LogP contribution is -2.40. The number of aliphatic hydroxyl groups excluding tert-OH is 1. The van der Waals surface area contributed by atoms with Crippen LogP contribution in [0.2, 0.25) is 0 Å². The summed E-state index contributed by atoms with van der Waals surface area (Å²) in [5.41, 5.74) is 2.02. The Kier molecular flexibility index (Phi) is 8.93. The fourth-order valence-electron chi connectivity index (χ4n) is 4.50. The second kappa shape index (κ2) is 11.5. The Morgan fingerprint density at radius 3 is 2.59 bits per heavy atom. The Balaban J connectivity index is 1.85. The standard InChI is InChI=1S/C26H36FNO5S/c1-18-5-4-6-19(2)26(33-25(30)17-24(29)8-7-18)20(3)13-21-14-22(27)16-23(15-21)28-9-11-34(31,32)12-10-28/h4,6,13-16,18-19,24,26,29H,5,7-12,17H2,1-3H3/b6-4+,20-13+/t18-,19-,24+,26-/m0/s1.